The molecule has 0 saturated heterocycles. The summed E-state index contributed by atoms with van der Waals surface area (Å²) in [6.07, 6.45) is 1.88. The Hall–Kier alpha value is -2.32. The van der Waals surface area contributed by atoms with Gasteiger partial charge >= 0.3 is 0 Å². The van der Waals surface area contributed by atoms with Crippen molar-refractivity contribution in [3.05, 3.63) is 47.5 Å². The lowest BCUT2D eigenvalue weighted by Gasteiger charge is -2.06. The molecule has 0 unspecified atom stereocenters. The first-order valence-corrected chi connectivity index (χ1v) is 6.65. The molecule has 21 heavy (non-hydrogen) atoms. The Balaban J connectivity index is 2.06. The van der Waals surface area contributed by atoms with E-state index in [1.165, 1.54) is 12.1 Å². The van der Waals surface area contributed by atoms with Gasteiger partial charge in [0.15, 0.2) is 0 Å². The summed E-state index contributed by atoms with van der Waals surface area (Å²) in [6, 6.07) is 6.37. The molecule has 0 bridgehead atoms. The van der Waals surface area contributed by atoms with Gasteiger partial charge in [-0.05, 0) is 32.0 Å². The highest BCUT2D eigenvalue weighted by atomic mass is 19.1. The van der Waals surface area contributed by atoms with Gasteiger partial charge in [0.2, 0.25) is 0 Å². The largest absolute Gasteiger partial charge is 0.487 e. The topological polar surface area (TPSA) is 47.3 Å². The van der Waals surface area contributed by atoms with Crippen molar-refractivity contribution in [3.63, 3.8) is 0 Å². The zero-order valence-electron chi connectivity index (χ0n) is 12.0. The van der Waals surface area contributed by atoms with Crippen LogP contribution in [-0.4, -0.2) is 21.5 Å². The minimum Gasteiger partial charge on any atom is -0.487 e. The Bertz CT molecular complexity index is 668. The standard InChI is InChI=1S/C16H17FN2O2/c1-12(2)19-6-5-15(18-19)11-21-16-9-13(4-3-7-20)8-14(17)10-16/h5-6,8-10,12,20H,7,11H2,1-2H3. The van der Waals surface area contributed by atoms with Crippen molar-refractivity contribution >= 4 is 0 Å². The van der Waals surface area contributed by atoms with E-state index in [-0.39, 0.29) is 19.3 Å². The van der Waals surface area contributed by atoms with Crippen LogP contribution in [0.5, 0.6) is 5.75 Å². The average molecular weight is 288 g/mol. The lowest BCUT2D eigenvalue weighted by Crippen LogP contribution is -2.03. The second kappa shape index (κ2) is 6.91. The Kier molecular flexibility index (Phi) is 4.96. The van der Waals surface area contributed by atoms with Crippen molar-refractivity contribution in [3.8, 4) is 17.6 Å². The number of nitrogens with zero attached hydrogens (tertiary/aromatic N) is 2. The molecule has 110 valence electrons. The van der Waals surface area contributed by atoms with Gasteiger partial charge < -0.3 is 9.84 Å². The van der Waals surface area contributed by atoms with Gasteiger partial charge in [-0.25, -0.2) is 4.39 Å². The average Bonchev–Trinajstić information content (AvgIpc) is 2.91. The molecule has 0 saturated carbocycles. The van der Waals surface area contributed by atoms with Crippen LogP contribution in [0, 0.1) is 17.7 Å². The molecule has 0 atom stereocenters. The Morgan fingerprint density at radius 2 is 2.19 bits per heavy atom. The number of aliphatic hydroxyl groups is 1. The van der Waals surface area contributed by atoms with E-state index in [2.05, 4.69) is 16.9 Å². The van der Waals surface area contributed by atoms with E-state index in [0.717, 1.165) is 5.69 Å². The van der Waals surface area contributed by atoms with Crippen molar-refractivity contribution in [2.75, 3.05) is 6.61 Å². The Morgan fingerprint density at radius 3 is 2.86 bits per heavy atom. The normalized spacial score (nSPS) is 10.3. The summed E-state index contributed by atoms with van der Waals surface area (Å²) in [4.78, 5) is 0. The number of ether oxygens (including phenoxy) is 1. The van der Waals surface area contributed by atoms with Gasteiger partial charge in [-0.1, -0.05) is 11.8 Å². The van der Waals surface area contributed by atoms with Crippen molar-refractivity contribution < 1.29 is 14.2 Å². The minimum atomic E-state index is -0.428. The zero-order chi connectivity index (χ0) is 15.2. The molecule has 1 heterocycles. The summed E-state index contributed by atoms with van der Waals surface area (Å²) in [6.45, 7) is 4.07. The van der Waals surface area contributed by atoms with Crippen molar-refractivity contribution in [2.24, 2.45) is 0 Å². The zero-order valence-corrected chi connectivity index (χ0v) is 12.0. The van der Waals surface area contributed by atoms with E-state index in [0.29, 0.717) is 11.3 Å². The van der Waals surface area contributed by atoms with E-state index < -0.39 is 5.82 Å². The summed E-state index contributed by atoms with van der Waals surface area (Å²) in [7, 11) is 0. The van der Waals surface area contributed by atoms with E-state index in [1.807, 2.05) is 30.8 Å². The predicted molar refractivity (Wildman–Crippen MR) is 77.3 cm³/mol. The second-order valence-corrected chi connectivity index (χ2v) is 4.81. The third-order valence-corrected chi connectivity index (χ3v) is 2.76. The van der Waals surface area contributed by atoms with Crippen LogP contribution in [0.1, 0.15) is 31.1 Å². The van der Waals surface area contributed by atoms with Gasteiger partial charge in [-0.15, -0.1) is 0 Å². The molecule has 5 heteroatoms. The van der Waals surface area contributed by atoms with Crippen molar-refractivity contribution in [2.45, 2.75) is 26.5 Å². The third-order valence-electron chi connectivity index (χ3n) is 2.76. The maximum atomic E-state index is 13.5. The number of benzene rings is 1. The predicted octanol–water partition coefficient (Wildman–Crippen LogP) is 2.53. The molecular formula is C16H17FN2O2. The molecular weight excluding hydrogens is 271 g/mol. The van der Waals surface area contributed by atoms with Crippen LogP contribution in [0.3, 0.4) is 0 Å². The lowest BCUT2D eigenvalue weighted by atomic mass is 10.2. The van der Waals surface area contributed by atoms with Crippen LogP contribution in [0.15, 0.2) is 30.5 Å². The minimum absolute atomic E-state index is 0.260. The number of halogens is 1. The molecule has 0 aliphatic heterocycles. The fraction of sp³-hybridized carbons (Fsp3) is 0.312. The van der Waals surface area contributed by atoms with Gasteiger partial charge in [0.1, 0.15) is 24.8 Å². The molecule has 0 fully saturated rings. The summed E-state index contributed by atoms with van der Waals surface area (Å²) in [5.41, 5.74) is 1.24. The highest BCUT2D eigenvalue weighted by Gasteiger charge is 2.05. The first-order chi connectivity index (χ1) is 10.1. The third kappa shape index (κ3) is 4.33. The number of aromatic nitrogens is 2. The first-order valence-electron chi connectivity index (χ1n) is 6.65. The lowest BCUT2D eigenvalue weighted by molar-refractivity contribution is 0.297. The van der Waals surface area contributed by atoms with Gasteiger partial charge in [0.05, 0.1) is 5.69 Å². The maximum Gasteiger partial charge on any atom is 0.132 e. The van der Waals surface area contributed by atoms with Crippen LogP contribution < -0.4 is 4.74 Å². The smallest absolute Gasteiger partial charge is 0.132 e. The van der Waals surface area contributed by atoms with Crippen LogP contribution in [0.2, 0.25) is 0 Å². The van der Waals surface area contributed by atoms with Gasteiger partial charge in [-0.3, -0.25) is 4.68 Å². The molecule has 2 rings (SSSR count). The molecule has 0 aliphatic carbocycles. The van der Waals surface area contributed by atoms with Gasteiger partial charge in [0, 0.05) is 23.9 Å². The van der Waals surface area contributed by atoms with Crippen LogP contribution >= 0.6 is 0 Å². The molecule has 2 aromatic rings. The SMILES string of the molecule is CC(C)n1ccc(COc2cc(F)cc(C#CCO)c2)n1. The number of hydrogen-bond acceptors (Lipinski definition) is 3. The summed E-state index contributed by atoms with van der Waals surface area (Å²) in [5.74, 6) is 5.09. The Morgan fingerprint density at radius 1 is 1.38 bits per heavy atom. The van der Waals surface area contributed by atoms with Crippen LogP contribution in [-0.2, 0) is 6.61 Å². The molecule has 0 spiro atoms. The second-order valence-electron chi connectivity index (χ2n) is 4.81. The first kappa shape index (κ1) is 15.1. The van der Waals surface area contributed by atoms with Crippen molar-refractivity contribution in [1.82, 2.24) is 9.78 Å². The quantitative estimate of drug-likeness (QED) is 0.879. The molecule has 4 nitrogen and oxygen atoms in total. The molecule has 1 N–H and O–H groups in total. The molecule has 0 aliphatic rings. The molecule has 0 amide bonds. The summed E-state index contributed by atoms with van der Waals surface area (Å²) in [5, 5.41) is 13.0. The summed E-state index contributed by atoms with van der Waals surface area (Å²) >= 11 is 0. The fourth-order valence-corrected chi connectivity index (χ4v) is 1.76. The van der Waals surface area contributed by atoms with E-state index in [9.17, 15) is 4.39 Å². The highest BCUT2D eigenvalue weighted by Crippen LogP contribution is 2.17. The molecule has 0 radical (unpaired) electrons. The summed E-state index contributed by atoms with van der Waals surface area (Å²) < 4.78 is 20.8. The molecule has 1 aromatic carbocycles. The number of hydrogen-bond donors (Lipinski definition) is 1. The van der Waals surface area contributed by atoms with Gasteiger partial charge in [-0.2, -0.15) is 5.10 Å². The molecule has 1 aromatic heterocycles. The van der Waals surface area contributed by atoms with Crippen LogP contribution in [0.25, 0.3) is 0 Å². The van der Waals surface area contributed by atoms with Gasteiger partial charge in [0.25, 0.3) is 0 Å². The highest BCUT2D eigenvalue weighted by molar-refractivity contribution is 5.40. The fourth-order valence-electron chi connectivity index (χ4n) is 1.76. The van der Waals surface area contributed by atoms with Crippen LogP contribution in [0.4, 0.5) is 4.39 Å². The number of rotatable bonds is 4. The van der Waals surface area contributed by atoms with Crippen molar-refractivity contribution in [1.29, 1.82) is 0 Å². The van der Waals surface area contributed by atoms with E-state index >= 15 is 0 Å². The maximum absolute atomic E-state index is 13.5. The number of aliphatic hydroxyl groups excluding tert-OH is 1. The monoisotopic (exact) mass is 288 g/mol. The van der Waals surface area contributed by atoms with E-state index in [4.69, 9.17) is 9.84 Å². The Labute approximate surface area is 123 Å². The van der Waals surface area contributed by atoms with E-state index in [1.54, 1.807) is 6.07 Å².